The molecule has 1 aliphatic heterocycles. The molecule has 27 heavy (non-hydrogen) atoms. The number of sulfonamides is 1. The molecule has 1 heterocycles. The van der Waals surface area contributed by atoms with Crippen molar-refractivity contribution in [2.45, 2.75) is 25.7 Å². The summed E-state index contributed by atoms with van der Waals surface area (Å²) < 4.78 is 27.5. The van der Waals surface area contributed by atoms with Gasteiger partial charge in [0.05, 0.1) is 9.82 Å². The summed E-state index contributed by atoms with van der Waals surface area (Å²) in [6.45, 7) is 7.47. The van der Waals surface area contributed by atoms with Gasteiger partial charge >= 0.3 is 0 Å². The highest BCUT2D eigenvalue weighted by Gasteiger charge is 2.32. The molecule has 8 heteroatoms. The standard InChI is InChI=1S/C19H23N3O4S/c1-14-6-4-7-17(15(14)2)20-10-12-21(13-11-20)27(25,26)19-9-5-8-18(16(19)3)22(23)24/h4-9H,10-13H2,1-3H3. The van der Waals surface area contributed by atoms with Crippen molar-refractivity contribution in [3.05, 3.63) is 63.2 Å². The summed E-state index contributed by atoms with van der Waals surface area (Å²) in [7, 11) is -3.77. The fourth-order valence-corrected chi connectivity index (χ4v) is 5.13. The zero-order valence-corrected chi connectivity index (χ0v) is 16.5. The lowest BCUT2D eigenvalue weighted by molar-refractivity contribution is -0.385. The SMILES string of the molecule is Cc1cccc(N2CCN(S(=O)(=O)c3cccc([N+](=O)[O-])c3C)CC2)c1C. The second-order valence-electron chi connectivity index (χ2n) is 6.77. The number of nitro benzene ring substituents is 1. The molecule has 0 atom stereocenters. The highest BCUT2D eigenvalue weighted by atomic mass is 32.2. The zero-order chi connectivity index (χ0) is 19.8. The van der Waals surface area contributed by atoms with Crippen LogP contribution in [0.4, 0.5) is 11.4 Å². The summed E-state index contributed by atoms with van der Waals surface area (Å²) in [5.41, 5.74) is 3.53. The van der Waals surface area contributed by atoms with Crippen molar-refractivity contribution in [1.82, 2.24) is 4.31 Å². The smallest absolute Gasteiger partial charge is 0.273 e. The van der Waals surface area contributed by atoms with E-state index in [0.29, 0.717) is 26.2 Å². The molecule has 0 amide bonds. The van der Waals surface area contributed by atoms with Gasteiger partial charge in [0.25, 0.3) is 5.69 Å². The second-order valence-corrected chi connectivity index (χ2v) is 8.67. The van der Waals surface area contributed by atoms with Crippen molar-refractivity contribution >= 4 is 21.4 Å². The highest BCUT2D eigenvalue weighted by Crippen LogP contribution is 2.29. The van der Waals surface area contributed by atoms with Gasteiger partial charge in [0.1, 0.15) is 0 Å². The maximum atomic E-state index is 13.0. The molecule has 1 saturated heterocycles. The molecule has 3 rings (SSSR count). The lowest BCUT2D eigenvalue weighted by atomic mass is 10.1. The first-order chi connectivity index (χ1) is 12.7. The van der Waals surface area contributed by atoms with Gasteiger partial charge in [0.2, 0.25) is 10.0 Å². The number of hydrogen-bond acceptors (Lipinski definition) is 5. The fourth-order valence-electron chi connectivity index (χ4n) is 3.47. The minimum Gasteiger partial charge on any atom is -0.369 e. The first kappa shape index (κ1) is 19.3. The third-order valence-electron chi connectivity index (χ3n) is 5.23. The van der Waals surface area contributed by atoms with Crippen LogP contribution >= 0.6 is 0 Å². The summed E-state index contributed by atoms with van der Waals surface area (Å²) in [4.78, 5) is 12.8. The minimum absolute atomic E-state index is 0.0110. The Bertz CT molecular complexity index is 980. The largest absolute Gasteiger partial charge is 0.369 e. The first-order valence-electron chi connectivity index (χ1n) is 8.79. The molecule has 144 valence electrons. The van der Waals surface area contributed by atoms with E-state index in [0.717, 1.165) is 5.69 Å². The average Bonchev–Trinajstić information content (AvgIpc) is 2.64. The third-order valence-corrected chi connectivity index (χ3v) is 7.27. The van der Waals surface area contributed by atoms with E-state index in [2.05, 4.69) is 30.9 Å². The second kappa shape index (κ2) is 7.28. The van der Waals surface area contributed by atoms with Crippen molar-refractivity contribution in [1.29, 1.82) is 0 Å². The van der Waals surface area contributed by atoms with Crippen molar-refractivity contribution in [3.8, 4) is 0 Å². The molecule has 0 saturated carbocycles. The van der Waals surface area contributed by atoms with E-state index in [1.54, 1.807) is 0 Å². The number of nitro groups is 1. The molecule has 0 unspecified atom stereocenters. The number of rotatable bonds is 4. The Labute approximate surface area is 159 Å². The average molecular weight is 389 g/mol. The van der Waals surface area contributed by atoms with E-state index >= 15 is 0 Å². The Morgan fingerprint density at radius 2 is 1.56 bits per heavy atom. The van der Waals surface area contributed by atoms with E-state index in [1.807, 2.05) is 6.07 Å². The van der Waals surface area contributed by atoms with Crippen LogP contribution < -0.4 is 4.90 Å². The summed E-state index contributed by atoms with van der Waals surface area (Å²) in [6, 6.07) is 10.3. The van der Waals surface area contributed by atoms with Gasteiger partial charge in [-0.15, -0.1) is 0 Å². The summed E-state index contributed by atoms with van der Waals surface area (Å²) in [5, 5.41) is 11.1. The van der Waals surface area contributed by atoms with E-state index < -0.39 is 14.9 Å². The molecule has 2 aromatic carbocycles. The number of aryl methyl sites for hydroxylation is 1. The predicted molar refractivity (Wildman–Crippen MR) is 105 cm³/mol. The molecule has 0 spiro atoms. The van der Waals surface area contributed by atoms with E-state index in [4.69, 9.17) is 0 Å². The van der Waals surface area contributed by atoms with Gasteiger partial charge < -0.3 is 4.90 Å². The maximum Gasteiger partial charge on any atom is 0.273 e. The molecule has 0 aliphatic carbocycles. The van der Waals surface area contributed by atoms with Gasteiger partial charge in [-0.25, -0.2) is 8.42 Å². The summed E-state index contributed by atoms with van der Waals surface area (Å²) >= 11 is 0. The normalized spacial score (nSPS) is 15.7. The van der Waals surface area contributed by atoms with Crippen LogP contribution in [0.2, 0.25) is 0 Å². The summed E-state index contributed by atoms with van der Waals surface area (Å²) in [5.74, 6) is 0. The van der Waals surface area contributed by atoms with E-state index in [-0.39, 0.29) is 16.1 Å². The first-order valence-corrected chi connectivity index (χ1v) is 10.2. The van der Waals surface area contributed by atoms with Gasteiger partial charge in [-0.1, -0.05) is 18.2 Å². The lowest BCUT2D eigenvalue weighted by Crippen LogP contribution is -2.49. The van der Waals surface area contributed by atoms with Gasteiger partial charge in [0, 0.05) is 43.5 Å². The quantitative estimate of drug-likeness (QED) is 0.593. The fraction of sp³-hybridized carbons (Fsp3) is 0.368. The molecule has 1 fully saturated rings. The Morgan fingerprint density at radius 1 is 0.926 bits per heavy atom. The monoisotopic (exact) mass is 389 g/mol. The van der Waals surface area contributed by atoms with Crippen LogP contribution in [0.3, 0.4) is 0 Å². The molecular weight excluding hydrogens is 366 g/mol. The molecular formula is C19H23N3O4S. The zero-order valence-electron chi connectivity index (χ0n) is 15.7. The number of nitrogens with zero attached hydrogens (tertiary/aromatic N) is 3. The topological polar surface area (TPSA) is 83.8 Å². The van der Waals surface area contributed by atoms with Crippen LogP contribution in [-0.4, -0.2) is 43.8 Å². The van der Waals surface area contributed by atoms with Crippen molar-refractivity contribution in [2.75, 3.05) is 31.1 Å². The van der Waals surface area contributed by atoms with Crippen molar-refractivity contribution in [3.63, 3.8) is 0 Å². The molecule has 1 aliphatic rings. The van der Waals surface area contributed by atoms with Crippen LogP contribution in [0.25, 0.3) is 0 Å². The number of hydrogen-bond donors (Lipinski definition) is 0. The Balaban J connectivity index is 1.82. The Hall–Kier alpha value is -2.45. The minimum atomic E-state index is -3.77. The Morgan fingerprint density at radius 3 is 2.19 bits per heavy atom. The molecule has 0 N–H and O–H groups in total. The molecule has 0 bridgehead atoms. The number of anilines is 1. The van der Waals surface area contributed by atoms with Crippen LogP contribution in [-0.2, 0) is 10.0 Å². The molecule has 0 radical (unpaired) electrons. The number of piperazine rings is 1. The maximum absolute atomic E-state index is 13.0. The molecule has 2 aromatic rings. The van der Waals surface area contributed by atoms with Gasteiger partial charge in [-0.05, 0) is 44.0 Å². The lowest BCUT2D eigenvalue weighted by Gasteiger charge is -2.36. The highest BCUT2D eigenvalue weighted by molar-refractivity contribution is 7.89. The third kappa shape index (κ3) is 3.54. The van der Waals surface area contributed by atoms with Crippen LogP contribution in [0.15, 0.2) is 41.3 Å². The molecule has 7 nitrogen and oxygen atoms in total. The van der Waals surface area contributed by atoms with Gasteiger partial charge in [-0.3, -0.25) is 10.1 Å². The van der Waals surface area contributed by atoms with Gasteiger partial charge in [-0.2, -0.15) is 4.31 Å². The van der Waals surface area contributed by atoms with Crippen molar-refractivity contribution < 1.29 is 13.3 Å². The van der Waals surface area contributed by atoms with E-state index in [9.17, 15) is 18.5 Å². The van der Waals surface area contributed by atoms with Crippen LogP contribution in [0.5, 0.6) is 0 Å². The van der Waals surface area contributed by atoms with Crippen molar-refractivity contribution in [2.24, 2.45) is 0 Å². The molecule has 0 aromatic heterocycles. The number of benzene rings is 2. The van der Waals surface area contributed by atoms with E-state index in [1.165, 1.54) is 40.6 Å². The predicted octanol–water partition coefficient (Wildman–Crippen LogP) is 3.03. The van der Waals surface area contributed by atoms with Gasteiger partial charge in [0.15, 0.2) is 0 Å². The van der Waals surface area contributed by atoms with Crippen LogP contribution in [0, 0.1) is 30.9 Å². The Kier molecular flexibility index (Phi) is 5.21. The summed E-state index contributed by atoms with van der Waals surface area (Å²) in [6.07, 6.45) is 0. The van der Waals surface area contributed by atoms with Crippen LogP contribution in [0.1, 0.15) is 16.7 Å².